The molecule has 108 valence electrons. The number of fused-ring (bicyclic) bond motifs is 1. The Labute approximate surface area is 130 Å². The molecule has 0 aliphatic rings. The lowest BCUT2D eigenvalue weighted by molar-refractivity contribution is 0.0802. The molecular formula is C14H13ClN4OS. The molecule has 7 heteroatoms. The molecule has 0 saturated heterocycles. The van der Waals surface area contributed by atoms with Crippen LogP contribution in [0.3, 0.4) is 0 Å². The molecule has 3 heterocycles. The van der Waals surface area contributed by atoms with E-state index in [1.54, 1.807) is 22.7 Å². The van der Waals surface area contributed by atoms with E-state index in [1.807, 2.05) is 31.3 Å². The number of rotatable bonds is 3. The van der Waals surface area contributed by atoms with Crippen molar-refractivity contribution < 1.29 is 4.79 Å². The van der Waals surface area contributed by atoms with Crippen molar-refractivity contribution in [2.75, 3.05) is 13.6 Å². The predicted molar refractivity (Wildman–Crippen MR) is 83.9 cm³/mol. The van der Waals surface area contributed by atoms with Gasteiger partial charge in [0, 0.05) is 25.4 Å². The fourth-order valence-corrected chi connectivity index (χ4v) is 3.15. The molecule has 0 atom stereocenters. The second-order valence-corrected chi connectivity index (χ2v) is 6.15. The van der Waals surface area contributed by atoms with Gasteiger partial charge in [0.15, 0.2) is 5.01 Å². The summed E-state index contributed by atoms with van der Waals surface area (Å²) in [4.78, 5) is 18.2. The maximum Gasteiger partial charge on any atom is 0.282 e. The van der Waals surface area contributed by atoms with Crippen LogP contribution < -0.4 is 0 Å². The first-order valence-corrected chi connectivity index (χ1v) is 7.65. The monoisotopic (exact) mass is 320 g/mol. The fourth-order valence-electron chi connectivity index (χ4n) is 1.98. The van der Waals surface area contributed by atoms with Crippen molar-refractivity contribution in [2.24, 2.45) is 0 Å². The summed E-state index contributed by atoms with van der Waals surface area (Å²) in [5.74, 6) is -0.118. The number of carbonyl (C=O) groups is 1. The van der Waals surface area contributed by atoms with Crippen molar-refractivity contribution in [2.45, 2.75) is 6.92 Å². The predicted octanol–water partition coefficient (Wildman–Crippen LogP) is 3.20. The van der Waals surface area contributed by atoms with E-state index < -0.39 is 0 Å². The second-order valence-electron chi connectivity index (χ2n) is 4.55. The summed E-state index contributed by atoms with van der Waals surface area (Å²) in [5, 5.41) is 4.67. The van der Waals surface area contributed by atoms with E-state index in [-0.39, 0.29) is 5.91 Å². The van der Waals surface area contributed by atoms with Gasteiger partial charge in [-0.1, -0.05) is 29.0 Å². The van der Waals surface area contributed by atoms with Crippen LogP contribution in [-0.2, 0) is 0 Å². The Hall–Kier alpha value is -1.92. The van der Waals surface area contributed by atoms with Gasteiger partial charge in [0.05, 0.1) is 11.7 Å². The van der Waals surface area contributed by atoms with Crippen molar-refractivity contribution in [1.82, 2.24) is 19.5 Å². The number of hydrogen-bond donors (Lipinski definition) is 0. The smallest absolute Gasteiger partial charge is 0.282 e. The minimum atomic E-state index is -0.118. The van der Waals surface area contributed by atoms with E-state index >= 15 is 0 Å². The van der Waals surface area contributed by atoms with Crippen LogP contribution in [0.5, 0.6) is 0 Å². The average Bonchev–Trinajstić information content (AvgIpc) is 3.09. The number of halogens is 1. The third kappa shape index (κ3) is 2.41. The average molecular weight is 321 g/mol. The number of pyridine rings is 1. The SMILES string of the molecule is CCN(C)C(=O)c1nc(-c2cnn3ccccc23)c(Cl)s1. The second kappa shape index (κ2) is 5.46. The lowest BCUT2D eigenvalue weighted by Crippen LogP contribution is -2.25. The first-order chi connectivity index (χ1) is 10.1. The van der Waals surface area contributed by atoms with Gasteiger partial charge >= 0.3 is 0 Å². The molecule has 0 aliphatic carbocycles. The van der Waals surface area contributed by atoms with Gasteiger partial charge in [-0.3, -0.25) is 4.79 Å². The number of hydrogen-bond acceptors (Lipinski definition) is 4. The van der Waals surface area contributed by atoms with Crippen molar-refractivity contribution >= 4 is 34.4 Å². The molecule has 0 aliphatic heterocycles. The Morgan fingerprint density at radius 3 is 3.05 bits per heavy atom. The zero-order valence-corrected chi connectivity index (χ0v) is 13.1. The van der Waals surface area contributed by atoms with E-state index in [4.69, 9.17) is 11.6 Å². The Bertz CT molecular complexity index is 810. The molecular weight excluding hydrogens is 308 g/mol. The molecule has 0 radical (unpaired) electrons. The number of thiazole rings is 1. The molecule has 0 unspecified atom stereocenters. The molecule has 0 spiro atoms. The van der Waals surface area contributed by atoms with Gasteiger partial charge in [0.25, 0.3) is 5.91 Å². The molecule has 0 N–H and O–H groups in total. The van der Waals surface area contributed by atoms with Gasteiger partial charge in [0.2, 0.25) is 0 Å². The Morgan fingerprint density at radius 1 is 1.48 bits per heavy atom. The van der Waals surface area contributed by atoms with Gasteiger partial charge in [-0.15, -0.1) is 0 Å². The first kappa shape index (κ1) is 14.0. The molecule has 0 saturated carbocycles. The van der Waals surface area contributed by atoms with Crippen molar-refractivity contribution in [1.29, 1.82) is 0 Å². The number of nitrogens with zero attached hydrogens (tertiary/aromatic N) is 4. The van der Waals surface area contributed by atoms with Crippen LogP contribution in [0.25, 0.3) is 16.8 Å². The molecule has 3 rings (SSSR count). The normalized spacial score (nSPS) is 11.0. The van der Waals surface area contributed by atoms with E-state index in [2.05, 4.69) is 10.1 Å². The van der Waals surface area contributed by atoms with Gasteiger partial charge < -0.3 is 4.90 Å². The number of aromatic nitrogens is 3. The van der Waals surface area contributed by atoms with Crippen LogP contribution >= 0.6 is 22.9 Å². The molecule has 21 heavy (non-hydrogen) atoms. The summed E-state index contributed by atoms with van der Waals surface area (Å²) in [7, 11) is 1.74. The van der Waals surface area contributed by atoms with Crippen molar-refractivity contribution in [3.05, 3.63) is 39.9 Å². The van der Waals surface area contributed by atoms with E-state index in [0.29, 0.717) is 21.6 Å². The lowest BCUT2D eigenvalue weighted by Gasteiger charge is -2.11. The van der Waals surface area contributed by atoms with Crippen LogP contribution in [-0.4, -0.2) is 39.0 Å². The summed E-state index contributed by atoms with van der Waals surface area (Å²) < 4.78 is 2.26. The Balaban J connectivity index is 2.08. The van der Waals surface area contributed by atoms with E-state index in [0.717, 1.165) is 11.1 Å². The van der Waals surface area contributed by atoms with E-state index in [1.165, 1.54) is 11.3 Å². The lowest BCUT2D eigenvalue weighted by atomic mass is 10.2. The summed E-state index contributed by atoms with van der Waals surface area (Å²) >= 11 is 7.48. The minimum absolute atomic E-state index is 0.118. The van der Waals surface area contributed by atoms with Crippen molar-refractivity contribution in [3.8, 4) is 11.3 Å². The fraction of sp³-hybridized carbons (Fsp3) is 0.214. The Kier molecular flexibility index (Phi) is 3.65. The van der Waals surface area contributed by atoms with Gasteiger partial charge in [0.1, 0.15) is 10.0 Å². The van der Waals surface area contributed by atoms with Crippen LogP contribution in [0, 0.1) is 0 Å². The first-order valence-electron chi connectivity index (χ1n) is 6.46. The highest BCUT2D eigenvalue weighted by atomic mass is 35.5. The maximum atomic E-state index is 12.2. The molecule has 0 fully saturated rings. The van der Waals surface area contributed by atoms with Crippen LogP contribution in [0.2, 0.25) is 4.34 Å². The standard InChI is InChI=1S/C14H13ClN4OS/c1-3-18(2)14(20)13-17-11(12(15)21-13)9-8-16-19-7-5-4-6-10(9)19/h4-8H,3H2,1-2H3. The third-order valence-electron chi connectivity index (χ3n) is 3.27. The van der Waals surface area contributed by atoms with Crippen LogP contribution in [0.15, 0.2) is 30.6 Å². The van der Waals surface area contributed by atoms with Gasteiger partial charge in [-0.2, -0.15) is 5.10 Å². The molecule has 5 nitrogen and oxygen atoms in total. The molecule has 0 aromatic carbocycles. The molecule has 3 aromatic heterocycles. The zero-order chi connectivity index (χ0) is 15.0. The largest absolute Gasteiger partial charge is 0.340 e. The summed E-state index contributed by atoms with van der Waals surface area (Å²) in [6, 6.07) is 5.77. The quantitative estimate of drug-likeness (QED) is 0.744. The molecule has 3 aromatic rings. The van der Waals surface area contributed by atoms with Crippen molar-refractivity contribution in [3.63, 3.8) is 0 Å². The number of amides is 1. The maximum absolute atomic E-state index is 12.2. The van der Waals surface area contributed by atoms with Crippen LogP contribution in [0.1, 0.15) is 16.7 Å². The van der Waals surface area contributed by atoms with Gasteiger partial charge in [-0.05, 0) is 19.1 Å². The van der Waals surface area contributed by atoms with Gasteiger partial charge in [-0.25, -0.2) is 9.50 Å². The molecule has 1 amide bonds. The summed E-state index contributed by atoms with van der Waals surface area (Å²) in [6.45, 7) is 2.54. The summed E-state index contributed by atoms with van der Waals surface area (Å²) in [5.41, 5.74) is 2.35. The highest BCUT2D eigenvalue weighted by Gasteiger charge is 2.21. The highest BCUT2D eigenvalue weighted by molar-refractivity contribution is 7.18. The minimum Gasteiger partial charge on any atom is -0.340 e. The summed E-state index contributed by atoms with van der Waals surface area (Å²) in [6.07, 6.45) is 3.57. The highest BCUT2D eigenvalue weighted by Crippen LogP contribution is 2.35. The Morgan fingerprint density at radius 2 is 2.29 bits per heavy atom. The third-order valence-corrected chi connectivity index (χ3v) is 4.51. The van der Waals surface area contributed by atoms with Crippen LogP contribution in [0.4, 0.5) is 0 Å². The zero-order valence-electron chi connectivity index (χ0n) is 11.6. The van der Waals surface area contributed by atoms with E-state index in [9.17, 15) is 4.79 Å². The number of carbonyl (C=O) groups excluding carboxylic acids is 1. The molecule has 0 bridgehead atoms. The topological polar surface area (TPSA) is 50.5 Å².